The fourth-order valence-corrected chi connectivity index (χ4v) is 3.14. The zero-order valence-corrected chi connectivity index (χ0v) is 15.1. The molecule has 0 atom stereocenters. The molecule has 29 heavy (non-hydrogen) atoms. The monoisotopic (exact) mass is 403 g/mol. The Kier molecular flexibility index (Phi) is 4.87. The molecule has 2 aromatic rings. The van der Waals surface area contributed by atoms with E-state index in [1.807, 2.05) is 4.90 Å². The topological polar surface area (TPSA) is 93.1 Å². The summed E-state index contributed by atoms with van der Waals surface area (Å²) in [6, 6.07) is 9.33. The average molecular weight is 403 g/mol. The van der Waals surface area contributed by atoms with Crippen LogP contribution in [0.2, 0.25) is 0 Å². The minimum absolute atomic E-state index is 0.104. The van der Waals surface area contributed by atoms with Crippen molar-refractivity contribution in [2.45, 2.75) is 6.18 Å². The van der Waals surface area contributed by atoms with E-state index in [4.69, 9.17) is 0 Å². The van der Waals surface area contributed by atoms with Crippen LogP contribution in [0.3, 0.4) is 0 Å². The summed E-state index contributed by atoms with van der Waals surface area (Å²) in [5, 5.41) is 28.4. The lowest BCUT2D eigenvalue weighted by molar-refractivity contribution is -0.368. The Balaban J connectivity index is 1.45. The molecule has 8 nitrogen and oxygen atoms in total. The molecule has 2 aliphatic heterocycles. The van der Waals surface area contributed by atoms with E-state index in [2.05, 4.69) is 25.7 Å². The minimum atomic E-state index is -4.38. The summed E-state index contributed by atoms with van der Waals surface area (Å²) >= 11 is 0. The Morgan fingerprint density at radius 3 is 2.14 bits per heavy atom. The first-order valence-electron chi connectivity index (χ1n) is 8.84. The number of aromatic amines is 1. The first kappa shape index (κ1) is 18.8. The van der Waals surface area contributed by atoms with Crippen LogP contribution >= 0.6 is 0 Å². The fourth-order valence-electron chi connectivity index (χ4n) is 3.14. The molecule has 0 amide bonds. The van der Waals surface area contributed by atoms with Gasteiger partial charge in [-0.05, 0) is 27.6 Å². The van der Waals surface area contributed by atoms with Gasteiger partial charge in [-0.25, -0.2) is 4.98 Å². The smallest absolute Gasteiger partial charge is 0.419 e. The van der Waals surface area contributed by atoms with Gasteiger partial charge in [-0.2, -0.15) is 13.2 Å². The highest BCUT2D eigenvalue weighted by Crippen LogP contribution is 2.28. The first-order valence-corrected chi connectivity index (χ1v) is 8.84. The van der Waals surface area contributed by atoms with E-state index in [0.717, 1.165) is 12.3 Å². The standard InChI is InChI=1S/C18H16F3N7O/c19-18(20,21)14-5-6-15(22-11-14)27-7-9-28(10-8-27)17(29)13-3-1-12(2-4-13)16-23-25-26-24-16/h1-6,11,29H,7-10H2. The lowest BCUT2D eigenvalue weighted by Crippen LogP contribution is -2.50. The van der Waals surface area contributed by atoms with Crippen LogP contribution in [0.4, 0.5) is 19.0 Å². The lowest BCUT2D eigenvalue weighted by atomic mass is 10.2. The molecule has 0 spiro atoms. The maximum Gasteiger partial charge on any atom is 0.419 e. The number of nitrogens with zero attached hydrogens (tertiary/aromatic N) is 6. The number of pyridine rings is 1. The van der Waals surface area contributed by atoms with E-state index < -0.39 is 11.7 Å². The third-order valence-corrected chi connectivity index (χ3v) is 4.74. The van der Waals surface area contributed by atoms with Gasteiger partial charge in [-0.15, -0.1) is 10.2 Å². The van der Waals surface area contributed by atoms with E-state index in [-0.39, 0.29) is 5.88 Å². The van der Waals surface area contributed by atoms with Gasteiger partial charge in [0.25, 0.3) is 5.82 Å². The van der Waals surface area contributed by atoms with Crippen LogP contribution in [0.15, 0.2) is 63.3 Å². The van der Waals surface area contributed by atoms with Gasteiger partial charge in [-0.3, -0.25) is 4.90 Å². The molecule has 0 bridgehead atoms. The van der Waals surface area contributed by atoms with Crippen molar-refractivity contribution in [3.8, 4) is 0 Å². The van der Waals surface area contributed by atoms with Crippen LogP contribution < -0.4 is 25.4 Å². The number of nitrogens with one attached hydrogen (secondary N) is 1. The quantitative estimate of drug-likeness (QED) is 0.738. The van der Waals surface area contributed by atoms with Crippen molar-refractivity contribution in [3.63, 3.8) is 0 Å². The fraction of sp³-hybridized carbons (Fsp3) is 0.278. The molecule has 1 fully saturated rings. The highest BCUT2D eigenvalue weighted by Gasteiger charge is 2.32. The molecule has 150 valence electrons. The second kappa shape index (κ2) is 7.49. The van der Waals surface area contributed by atoms with Crippen molar-refractivity contribution in [1.82, 2.24) is 4.90 Å². The molecule has 0 unspecified atom stereocenters. The van der Waals surface area contributed by atoms with Gasteiger partial charge in [0.1, 0.15) is 19.3 Å². The van der Waals surface area contributed by atoms with Crippen LogP contribution in [0.5, 0.6) is 0 Å². The molecule has 0 saturated carbocycles. The van der Waals surface area contributed by atoms with E-state index >= 15 is 0 Å². The van der Waals surface area contributed by atoms with Crippen molar-refractivity contribution < 1.29 is 23.3 Å². The molecule has 2 aliphatic rings. The summed E-state index contributed by atoms with van der Waals surface area (Å²) in [5.41, 5.74) is -0.725. The zero-order chi connectivity index (χ0) is 20.4. The molecular formula is C18H16F3N7O. The molecule has 1 aromatic carbocycles. The number of hydrogen-bond acceptors (Lipinski definition) is 7. The van der Waals surface area contributed by atoms with Gasteiger partial charge in [0.15, 0.2) is 0 Å². The number of aromatic nitrogens is 1. The second-order valence-corrected chi connectivity index (χ2v) is 6.52. The third-order valence-electron chi connectivity index (χ3n) is 4.74. The first-order chi connectivity index (χ1) is 13.9. The van der Waals surface area contributed by atoms with Crippen molar-refractivity contribution in [2.75, 3.05) is 31.1 Å². The Hall–Kier alpha value is -3.50. The van der Waals surface area contributed by atoms with E-state index in [9.17, 15) is 18.3 Å². The molecule has 3 heterocycles. The average Bonchev–Trinajstić information content (AvgIpc) is 3.28. The molecule has 11 heteroatoms. The highest BCUT2D eigenvalue weighted by atomic mass is 19.4. The highest BCUT2D eigenvalue weighted by molar-refractivity contribution is 5.42. The molecule has 1 aromatic heterocycles. The second-order valence-electron chi connectivity index (χ2n) is 6.52. The van der Waals surface area contributed by atoms with Crippen molar-refractivity contribution >= 4 is 17.5 Å². The number of hydrogen-bond donors (Lipinski definition) is 0. The Morgan fingerprint density at radius 2 is 1.59 bits per heavy atom. The number of H-pyrrole nitrogens is 1. The van der Waals surface area contributed by atoms with Crippen molar-refractivity contribution in [1.29, 1.82) is 0 Å². The predicted octanol–water partition coefficient (Wildman–Crippen LogP) is 0.666. The van der Waals surface area contributed by atoms with E-state index in [0.29, 0.717) is 48.3 Å². The predicted molar refractivity (Wildman–Crippen MR) is 94.0 cm³/mol. The van der Waals surface area contributed by atoms with E-state index in [1.54, 1.807) is 29.2 Å². The number of piperazine rings is 1. The van der Waals surface area contributed by atoms with Gasteiger partial charge >= 0.3 is 6.18 Å². The Morgan fingerprint density at radius 1 is 0.931 bits per heavy atom. The molecule has 1 N–H and O–H groups in total. The molecule has 4 rings (SSSR count). The summed E-state index contributed by atoms with van der Waals surface area (Å²) in [4.78, 5) is 6.33. The Bertz CT molecular complexity index is 1030. The third kappa shape index (κ3) is 4.03. The number of benzene rings is 1. The molecule has 0 radical (unpaired) electrons. The van der Waals surface area contributed by atoms with Crippen LogP contribution in [0.25, 0.3) is 11.7 Å². The van der Waals surface area contributed by atoms with Crippen LogP contribution in [-0.4, -0.2) is 31.1 Å². The van der Waals surface area contributed by atoms with Crippen LogP contribution in [-0.2, 0) is 6.18 Å². The van der Waals surface area contributed by atoms with Crippen molar-refractivity contribution in [3.05, 3.63) is 58.6 Å². The summed E-state index contributed by atoms with van der Waals surface area (Å²) in [5.74, 6) is 0.879. The summed E-state index contributed by atoms with van der Waals surface area (Å²) in [7, 11) is 0. The minimum Gasteiger partial charge on any atom is -0.860 e. The maximum atomic E-state index is 12.7. The molecule has 0 aliphatic carbocycles. The molecule has 1 saturated heterocycles. The number of rotatable bonds is 2. The van der Waals surface area contributed by atoms with Crippen LogP contribution in [0, 0.1) is 0 Å². The number of halogens is 3. The van der Waals surface area contributed by atoms with Crippen LogP contribution in [0.1, 0.15) is 5.56 Å². The lowest BCUT2D eigenvalue weighted by Gasteiger charge is -2.36. The van der Waals surface area contributed by atoms with Gasteiger partial charge in [0.05, 0.1) is 18.7 Å². The van der Waals surface area contributed by atoms with E-state index in [1.165, 1.54) is 6.07 Å². The summed E-state index contributed by atoms with van der Waals surface area (Å²) in [6.07, 6.45) is -3.42. The number of alkyl halides is 3. The normalized spacial score (nSPS) is 16.6. The van der Waals surface area contributed by atoms with Gasteiger partial charge < -0.3 is 10.0 Å². The Labute approximate surface area is 163 Å². The summed E-state index contributed by atoms with van der Waals surface area (Å²) < 4.78 is 38.0. The number of anilines is 1. The van der Waals surface area contributed by atoms with Crippen molar-refractivity contribution in [2.24, 2.45) is 20.7 Å². The maximum absolute atomic E-state index is 12.7. The SMILES string of the molecule is [O-]C(=c1ccc(=C2N=NN=N2)cc1)N1CCN(c2ccc(C(F)(F)F)c[nH+]2)CC1. The zero-order valence-electron chi connectivity index (χ0n) is 15.1. The van der Waals surface area contributed by atoms with Gasteiger partial charge in [0.2, 0.25) is 5.82 Å². The summed E-state index contributed by atoms with van der Waals surface area (Å²) in [6.45, 7) is 1.97. The molecular weight excluding hydrogens is 387 g/mol. The largest absolute Gasteiger partial charge is 0.860 e. The van der Waals surface area contributed by atoms with Gasteiger partial charge in [-0.1, -0.05) is 24.3 Å². The van der Waals surface area contributed by atoms with Gasteiger partial charge in [0, 0.05) is 11.3 Å².